The van der Waals surface area contributed by atoms with Crippen molar-refractivity contribution in [3.8, 4) is 17.0 Å². The molecule has 4 rings (SSSR count). The molecule has 0 unspecified atom stereocenters. The molecule has 1 N–H and O–H groups in total. The van der Waals surface area contributed by atoms with Gasteiger partial charge in [0.1, 0.15) is 23.2 Å². The average Bonchev–Trinajstić information content (AvgIpc) is 3.28. The number of fused-ring (bicyclic) bond motifs is 1. The van der Waals surface area contributed by atoms with Gasteiger partial charge in [0.2, 0.25) is 5.91 Å². The van der Waals surface area contributed by atoms with Crippen molar-refractivity contribution in [2.45, 2.75) is 53.0 Å². The van der Waals surface area contributed by atoms with Crippen LogP contribution < -0.4 is 15.6 Å². The molecule has 0 fully saturated rings. The molecule has 8 nitrogen and oxygen atoms in total. The number of rotatable bonds is 8. The number of hydrogen-bond donors (Lipinski definition) is 1. The van der Waals surface area contributed by atoms with E-state index in [2.05, 4.69) is 29.4 Å². The van der Waals surface area contributed by atoms with E-state index in [1.165, 1.54) is 4.68 Å². The Kier molecular flexibility index (Phi) is 7.00. The SMILES string of the molecule is CCc1cccc(CC)c1NC(=O)[C@H](CC)n1nc(-c2ccc(OC)cc2)c2c(C)onc2c1=O. The van der Waals surface area contributed by atoms with Crippen LogP contribution in [0.2, 0.25) is 0 Å². The van der Waals surface area contributed by atoms with Crippen LogP contribution in [0.15, 0.2) is 51.8 Å². The van der Waals surface area contributed by atoms with Gasteiger partial charge < -0.3 is 14.6 Å². The van der Waals surface area contributed by atoms with Crippen LogP contribution in [-0.4, -0.2) is 28.0 Å². The maximum Gasteiger partial charge on any atom is 0.297 e. The summed E-state index contributed by atoms with van der Waals surface area (Å²) in [6.45, 7) is 7.70. The van der Waals surface area contributed by atoms with Crippen LogP contribution in [0.1, 0.15) is 50.1 Å². The van der Waals surface area contributed by atoms with Crippen molar-refractivity contribution in [2.24, 2.45) is 0 Å². The first kappa shape index (κ1) is 24.2. The Morgan fingerprint density at radius 2 is 1.74 bits per heavy atom. The first-order valence-corrected chi connectivity index (χ1v) is 11.9. The molecule has 1 atom stereocenters. The van der Waals surface area contributed by atoms with Crippen molar-refractivity contribution in [1.82, 2.24) is 14.9 Å². The molecule has 0 radical (unpaired) electrons. The molecule has 8 heteroatoms. The predicted molar refractivity (Wildman–Crippen MR) is 136 cm³/mol. The molecule has 0 saturated heterocycles. The Balaban J connectivity index is 1.83. The molecule has 2 aromatic carbocycles. The fourth-order valence-electron chi connectivity index (χ4n) is 4.35. The van der Waals surface area contributed by atoms with Crippen molar-refractivity contribution >= 4 is 22.5 Å². The lowest BCUT2D eigenvalue weighted by molar-refractivity contribution is -0.119. The Bertz CT molecular complexity index is 1400. The summed E-state index contributed by atoms with van der Waals surface area (Å²) in [5, 5.41) is 12.3. The van der Waals surface area contributed by atoms with E-state index in [4.69, 9.17) is 9.26 Å². The highest BCUT2D eigenvalue weighted by Gasteiger charge is 2.27. The number of methoxy groups -OCH3 is 1. The number of aryl methyl sites for hydroxylation is 3. The number of hydrogen-bond acceptors (Lipinski definition) is 6. The highest BCUT2D eigenvalue weighted by molar-refractivity contribution is 5.96. The van der Waals surface area contributed by atoms with E-state index in [-0.39, 0.29) is 11.4 Å². The third kappa shape index (κ3) is 4.43. The number of carbonyl (C=O) groups excluding carboxylic acids is 1. The lowest BCUT2D eigenvalue weighted by atomic mass is 10.0. The van der Waals surface area contributed by atoms with Gasteiger partial charge >= 0.3 is 0 Å². The summed E-state index contributed by atoms with van der Waals surface area (Å²) < 4.78 is 11.9. The second-order valence-corrected chi connectivity index (χ2v) is 8.36. The summed E-state index contributed by atoms with van der Waals surface area (Å²) in [5.74, 6) is 0.898. The molecule has 0 aliphatic rings. The molecule has 0 aliphatic heterocycles. The van der Waals surface area contributed by atoms with Crippen molar-refractivity contribution in [3.63, 3.8) is 0 Å². The molecular formula is C27H30N4O4. The first-order chi connectivity index (χ1) is 16.9. The summed E-state index contributed by atoms with van der Waals surface area (Å²) in [6.07, 6.45) is 1.94. The van der Waals surface area contributed by atoms with Crippen molar-refractivity contribution in [2.75, 3.05) is 12.4 Å². The van der Waals surface area contributed by atoms with Crippen LogP contribution in [0.4, 0.5) is 5.69 Å². The largest absolute Gasteiger partial charge is 0.497 e. The Labute approximate surface area is 203 Å². The van der Waals surface area contributed by atoms with E-state index in [0.29, 0.717) is 29.0 Å². The van der Waals surface area contributed by atoms with Crippen LogP contribution in [-0.2, 0) is 17.6 Å². The molecule has 0 saturated carbocycles. The molecule has 35 heavy (non-hydrogen) atoms. The highest BCUT2D eigenvalue weighted by atomic mass is 16.5. The smallest absolute Gasteiger partial charge is 0.297 e. The van der Waals surface area contributed by atoms with Gasteiger partial charge in [0.15, 0.2) is 5.52 Å². The maximum absolute atomic E-state index is 13.5. The fraction of sp³-hybridized carbons (Fsp3) is 0.333. The number of nitrogens with zero attached hydrogens (tertiary/aromatic N) is 3. The summed E-state index contributed by atoms with van der Waals surface area (Å²) in [4.78, 5) is 26.9. The molecule has 2 aromatic heterocycles. The second-order valence-electron chi connectivity index (χ2n) is 8.36. The van der Waals surface area contributed by atoms with Gasteiger partial charge in [0.05, 0.1) is 12.5 Å². The minimum absolute atomic E-state index is 0.151. The summed E-state index contributed by atoms with van der Waals surface area (Å²) in [6, 6.07) is 12.5. The quantitative estimate of drug-likeness (QED) is 0.382. The molecule has 2 heterocycles. The minimum Gasteiger partial charge on any atom is -0.497 e. The number of benzene rings is 2. The number of amides is 1. The van der Waals surface area contributed by atoms with Crippen molar-refractivity contribution in [3.05, 3.63) is 69.7 Å². The summed E-state index contributed by atoms with van der Waals surface area (Å²) in [5.41, 5.74) is 3.88. The highest BCUT2D eigenvalue weighted by Crippen LogP contribution is 2.30. The van der Waals surface area contributed by atoms with Crippen LogP contribution in [0.25, 0.3) is 22.2 Å². The van der Waals surface area contributed by atoms with E-state index in [1.807, 2.05) is 49.4 Å². The summed E-state index contributed by atoms with van der Waals surface area (Å²) >= 11 is 0. The Hall–Kier alpha value is -3.94. The third-order valence-corrected chi connectivity index (χ3v) is 6.31. The minimum atomic E-state index is -0.824. The van der Waals surface area contributed by atoms with Gasteiger partial charge in [0.25, 0.3) is 5.56 Å². The van der Waals surface area contributed by atoms with E-state index < -0.39 is 11.6 Å². The monoisotopic (exact) mass is 474 g/mol. The maximum atomic E-state index is 13.5. The number of aromatic nitrogens is 3. The van der Waals surface area contributed by atoms with E-state index in [9.17, 15) is 9.59 Å². The number of anilines is 1. The van der Waals surface area contributed by atoms with Gasteiger partial charge in [-0.05, 0) is 61.6 Å². The summed E-state index contributed by atoms with van der Waals surface area (Å²) in [7, 11) is 1.60. The first-order valence-electron chi connectivity index (χ1n) is 11.9. The van der Waals surface area contributed by atoms with Crippen LogP contribution in [0.5, 0.6) is 5.75 Å². The van der Waals surface area contributed by atoms with Crippen molar-refractivity contribution in [1.29, 1.82) is 0 Å². The van der Waals surface area contributed by atoms with Gasteiger partial charge in [0, 0.05) is 11.3 Å². The van der Waals surface area contributed by atoms with Gasteiger partial charge in [-0.2, -0.15) is 5.10 Å². The lowest BCUT2D eigenvalue weighted by Crippen LogP contribution is -2.35. The number of carbonyl (C=O) groups is 1. The van der Waals surface area contributed by atoms with E-state index >= 15 is 0 Å². The molecule has 0 aliphatic carbocycles. The van der Waals surface area contributed by atoms with Gasteiger partial charge in [-0.1, -0.05) is 44.1 Å². The van der Waals surface area contributed by atoms with Crippen molar-refractivity contribution < 1.29 is 14.1 Å². The molecule has 0 bridgehead atoms. The van der Waals surface area contributed by atoms with Gasteiger partial charge in [-0.15, -0.1) is 0 Å². The van der Waals surface area contributed by atoms with E-state index in [0.717, 1.165) is 35.2 Å². The molecular weight excluding hydrogens is 444 g/mol. The number of nitrogens with one attached hydrogen (secondary N) is 1. The number of ether oxygens (including phenoxy) is 1. The van der Waals surface area contributed by atoms with Crippen LogP contribution >= 0.6 is 0 Å². The predicted octanol–water partition coefficient (Wildman–Crippen LogP) is 5.08. The lowest BCUT2D eigenvalue weighted by Gasteiger charge is -2.20. The van der Waals surface area contributed by atoms with E-state index in [1.54, 1.807) is 14.0 Å². The zero-order valence-electron chi connectivity index (χ0n) is 20.7. The second kappa shape index (κ2) is 10.1. The Morgan fingerprint density at radius 1 is 1.09 bits per heavy atom. The Morgan fingerprint density at radius 3 is 2.31 bits per heavy atom. The van der Waals surface area contributed by atoms with Gasteiger partial charge in [-0.3, -0.25) is 9.59 Å². The zero-order chi connectivity index (χ0) is 25.1. The fourth-order valence-corrected chi connectivity index (χ4v) is 4.35. The molecule has 182 valence electrons. The molecule has 4 aromatic rings. The standard InChI is InChI=1S/C27H30N4O4/c1-6-17-10-9-11-18(7-2)23(17)28-26(32)21(8-3)31-27(33)25-22(16(4)35-30-25)24(29-31)19-12-14-20(34-5)15-13-19/h9-15,21H,6-8H2,1-5H3,(H,28,32)/t21-/m0/s1. The third-order valence-electron chi connectivity index (χ3n) is 6.31. The van der Waals surface area contributed by atoms with Crippen LogP contribution in [0.3, 0.4) is 0 Å². The molecule has 0 spiro atoms. The van der Waals surface area contributed by atoms with Crippen LogP contribution in [0, 0.1) is 6.92 Å². The average molecular weight is 475 g/mol. The topological polar surface area (TPSA) is 99.2 Å². The molecule has 1 amide bonds. The van der Waals surface area contributed by atoms with Gasteiger partial charge in [-0.25, -0.2) is 4.68 Å². The normalized spacial score (nSPS) is 12.0. The zero-order valence-corrected chi connectivity index (χ0v) is 20.7. The number of para-hydroxylation sites is 1.